The van der Waals surface area contributed by atoms with E-state index < -0.39 is 10.0 Å². The van der Waals surface area contributed by atoms with Gasteiger partial charge in [0.05, 0.1) is 10.8 Å². The molecule has 0 radical (unpaired) electrons. The van der Waals surface area contributed by atoms with E-state index in [1.165, 1.54) is 4.31 Å². The molecule has 5 nitrogen and oxygen atoms in total. The molecular formula is C24H29BrN2O3S. The van der Waals surface area contributed by atoms with Crippen LogP contribution in [0.1, 0.15) is 42.0 Å². The smallest absolute Gasteiger partial charge is 0.243 e. The highest BCUT2D eigenvalue weighted by atomic mass is 79.9. The molecule has 4 rings (SSSR count). The molecule has 166 valence electrons. The average Bonchev–Trinajstić information content (AvgIpc) is 3.01. The van der Waals surface area contributed by atoms with E-state index in [9.17, 15) is 13.2 Å². The van der Waals surface area contributed by atoms with Crippen LogP contribution in [0.5, 0.6) is 0 Å². The summed E-state index contributed by atoms with van der Waals surface area (Å²) in [6.45, 7) is 8.42. The predicted molar refractivity (Wildman–Crippen MR) is 127 cm³/mol. The Hall–Kier alpha value is -1.70. The minimum Gasteiger partial charge on any atom is -0.309 e. The summed E-state index contributed by atoms with van der Waals surface area (Å²) in [4.78, 5) is 15.8. The number of anilines is 1. The zero-order chi connectivity index (χ0) is 22.5. The topological polar surface area (TPSA) is 57.7 Å². The fraction of sp³-hybridized carbons (Fsp3) is 0.458. The average molecular weight is 505 g/mol. The van der Waals surface area contributed by atoms with E-state index in [4.69, 9.17) is 0 Å². The zero-order valence-electron chi connectivity index (χ0n) is 18.5. The molecule has 2 aromatic carbocycles. The standard InChI is InChI=1S/C24H29BrN2O3S/c1-15-10-16(2)23(17(3)11-15)31(29,30)26-9-5-6-19(14-26)24(28)27-18(4)12-20-13-21(25)7-8-22(20)27/h7-8,10-11,13,18-19H,5-6,9,12,14H2,1-4H3/t18-,19+/m0/s1. The second-order valence-corrected chi connectivity index (χ2v) is 11.8. The number of carbonyl (C=O) groups excluding carboxylic acids is 1. The fourth-order valence-corrected chi connectivity index (χ4v) is 7.54. The van der Waals surface area contributed by atoms with Gasteiger partial charge < -0.3 is 4.90 Å². The Bertz CT molecular complexity index is 1120. The van der Waals surface area contributed by atoms with Crippen LogP contribution in [-0.2, 0) is 21.2 Å². The third kappa shape index (κ3) is 4.08. The summed E-state index contributed by atoms with van der Waals surface area (Å²) < 4.78 is 29.6. The molecule has 31 heavy (non-hydrogen) atoms. The number of amides is 1. The molecule has 0 unspecified atom stereocenters. The highest BCUT2D eigenvalue weighted by Gasteiger charge is 2.39. The number of benzene rings is 2. The molecule has 0 spiro atoms. The Kier molecular flexibility index (Phi) is 6.05. The van der Waals surface area contributed by atoms with Crippen molar-refractivity contribution in [1.82, 2.24) is 4.31 Å². The van der Waals surface area contributed by atoms with Crippen molar-refractivity contribution in [1.29, 1.82) is 0 Å². The van der Waals surface area contributed by atoms with Crippen LogP contribution in [-0.4, -0.2) is 37.8 Å². The molecule has 0 saturated carbocycles. The molecule has 0 bridgehead atoms. The van der Waals surface area contributed by atoms with Crippen molar-refractivity contribution in [3.63, 3.8) is 0 Å². The van der Waals surface area contributed by atoms with Gasteiger partial charge >= 0.3 is 0 Å². The molecule has 2 aromatic rings. The molecule has 1 amide bonds. The lowest BCUT2D eigenvalue weighted by Crippen LogP contribution is -2.48. The van der Waals surface area contributed by atoms with E-state index in [0.29, 0.717) is 24.3 Å². The van der Waals surface area contributed by atoms with Crippen molar-refractivity contribution in [3.8, 4) is 0 Å². The molecular weight excluding hydrogens is 476 g/mol. The van der Waals surface area contributed by atoms with Crippen LogP contribution in [0, 0.1) is 26.7 Å². The van der Waals surface area contributed by atoms with Crippen molar-refractivity contribution in [2.24, 2.45) is 5.92 Å². The quantitative estimate of drug-likeness (QED) is 0.605. The van der Waals surface area contributed by atoms with Crippen molar-refractivity contribution < 1.29 is 13.2 Å². The number of hydrogen-bond acceptors (Lipinski definition) is 3. The Morgan fingerprint density at radius 2 is 1.77 bits per heavy atom. The third-order valence-electron chi connectivity index (χ3n) is 6.43. The Morgan fingerprint density at radius 1 is 1.10 bits per heavy atom. The summed E-state index contributed by atoms with van der Waals surface area (Å²) in [5.74, 6) is -0.294. The molecule has 2 atom stereocenters. The molecule has 0 N–H and O–H groups in total. The Balaban J connectivity index is 1.60. The van der Waals surface area contributed by atoms with Crippen molar-refractivity contribution in [3.05, 3.63) is 57.1 Å². The molecule has 2 aliphatic rings. The number of halogens is 1. The highest BCUT2D eigenvalue weighted by molar-refractivity contribution is 9.10. The number of carbonyl (C=O) groups is 1. The maximum Gasteiger partial charge on any atom is 0.243 e. The van der Waals surface area contributed by atoms with Gasteiger partial charge in [-0.05, 0) is 81.8 Å². The van der Waals surface area contributed by atoms with Gasteiger partial charge in [0.2, 0.25) is 15.9 Å². The second kappa shape index (κ2) is 8.34. The van der Waals surface area contributed by atoms with Crippen LogP contribution in [0.15, 0.2) is 39.7 Å². The summed E-state index contributed by atoms with van der Waals surface area (Å²) in [5.41, 5.74) is 4.68. The van der Waals surface area contributed by atoms with Gasteiger partial charge in [0, 0.05) is 29.3 Å². The van der Waals surface area contributed by atoms with Gasteiger partial charge in [-0.25, -0.2) is 8.42 Å². The summed E-state index contributed by atoms with van der Waals surface area (Å²) in [6, 6.07) is 9.90. The van der Waals surface area contributed by atoms with Gasteiger partial charge in [-0.2, -0.15) is 4.31 Å². The van der Waals surface area contributed by atoms with Crippen LogP contribution in [0.25, 0.3) is 0 Å². The zero-order valence-corrected chi connectivity index (χ0v) is 20.9. The van der Waals surface area contributed by atoms with Gasteiger partial charge in [0.25, 0.3) is 0 Å². The van der Waals surface area contributed by atoms with E-state index in [2.05, 4.69) is 28.9 Å². The monoisotopic (exact) mass is 504 g/mol. The molecule has 2 heterocycles. The number of fused-ring (bicyclic) bond motifs is 1. The van der Waals surface area contributed by atoms with Gasteiger partial charge in [0.1, 0.15) is 0 Å². The number of piperidine rings is 1. The Labute approximate surface area is 193 Å². The largest absolute Gasteiger partial charge is 0.309 e. The number of aryl methyl sites for hydroxylation is 3. The van der Waals surface area contributed by atoms with Gasteiger partial charge in [-0.3, -0.25) is 4.79 Å². The molecule has 2 aliphatic heterocycles. The van der Waals surface area contributed by atoms with Gasteiger partial charge in [-0.15, -0.1) is 0 Å². The number of nitrogens with zero attached hydrogens (tertiary/aromatic N) is 2. The van der Waals surface area contributed by atoms with E-state index in [1.807, 2.05) is 49.9 Å². The first kappa shape index (κ1) is 22.5. The van der Waals surface area contributed by atoms with Crippen molar-refractivity contribution in [2.45, 2.75) is 57.9 Å². The van der Waals surface area contributed by atoms with E-state index in [-0.39, 0.29) is 24.4 Å². The van der Waals surface area contributed by atoms with Crippen molar-refractivity contribution >= 4 is 37.5 Å². The lowest BCUT2D eigenvalue weighted by molar-refractivity contribution is -0.123. The maximum absolute atomic E-state index is 13.5. The van der Waals surface area contributed by atoms with E-state index >= 15 is 0 Å². The van der Waals surface area contributed by atoms with Crippen LogP contribution in [0.4, 0.5) is 5.69 Å². The van der Waals surface area contributed by atoms with Crippen molar-refractivity contribution in [2.75, 3.05) is 18.0 Å². The summed E-state index contributed by atoms with van der Waals surface area (Å²) in [6.07, 6.45) is 2.22. The first-order chi connectivity index (χ1) is 14.6. The number of sulfonamides is 1. The normalized spacial score (nSPS) is 21.9. The first-order valence-corrected chi connectivity index (χ1v) is 13.0. The van der Waals surface area contributed by atoms with Crippen LogP contribution >= 0.6 is 15.9 Å². The predicted octanol–water partition coefficient (Wildman–Crippen LogP) is 4.75. The third-order valence-corrected chi connectivity index (χ3v) is 9.10. The molecule has 7 heteroatoms. The van der Waals surface area contributed by atoms with Crippen LogP contribution in [0.3, 0.4) is 0 Å². The lowest BCUT2D eigenvalue weighted by Gasteiger charge is -2.35. The summed E-state index contributed by atoms with van der Waals surface area (Å²) >= 11 is 3.51. The first-order valence-electron chi connectivity index (χ1n) is 10.8. The van der Waals surface area contributed by atoms with Crippen LogP contribution in [0.2, 0.25) is 0 Å². The number of rotatable bonds is 3. The van der Waals surface area contributed by atoms with E-state index in [1.54, 1.807) is 0 Å². The summed E-state index contributed by atoms with van der Waals surface area (Å²) in [5, 5.41) is 0. The van der Waals surface area contributed by atoms with E-state index in [0.717, 1.165) is 38.8 Å². The minimum absolute atomic E-state index is 0.0332. The lowest BCUT2D eigenvalue weighted by atomic mass is 9.97. The number of hydrogen-bond donors (Lipinski definition) is 0. The summed E-state index contributed by atoms with van der Waals surface area (Å²) in [7, 11) is -3.65. The Morgan fingerprint density at radius 3 is 2.45 bits per heavy atom. The molecule has 0 aromatic heterocycles. The highest BCUT2D eigenvalue weighted by Crippen LogP contribution is 2.37. The van der Waals surface area contributed by atoms with Gasteiger partial charge in [-0.1, -0.05) is 33.6 Å². The maximum atomic E-state index is 13.5. The molecule has 1 saturated heterocycles. The second-order valence-electron chi connectivity index (χ2n) is 8.96. The molecule has 1 fully saturated rings. The van der Waals surface area contributed by atoms with Crippen LogP contribution < -0.4 is 4.90 Å². The SMILES string of the molecule is Cc1cc(C)c(S(=O)(=O)N2CCC[C@@H](C(=O)N3c4ccc(Br)cc4C[C@@H]3C)C2)c(C)c1. The fourth-order valence-electron chi connectivity index (χ4n) is 5.20. The minimum atomic E-state index is -3.65. The molecule has 0 aliphatic carbocycles. The van der Waals surface area contributed by atoms with Gasteiger partial charge in [0.15, 0.2) is 0 Å².